The highest BCUT2D eigenvalue weighted by atomic mass is 32.2. The van der Waals surface area contributed by atoms with E-state index in [9.17, 15) is 18.0 Å². The van der Waals surface area contributed by atoms with Gasteiger partial charge in [-0.05, 0) is 53.4 Å². The predicted octanol–water partition coefficient (Wildman–Crippen LogP) is 5.77. The summed E-state index contributed by atoms with van der Waals surface area (Å²) in [6.07, 6.45) is -1.36. The average Bonchev–Trinajstić information content (AvgIpc) is 2.97. The topological polar surface area (TPSA) is 152 Å². The van der Waals surface area contributed by atoms with Gasteiger partial charge in [-0.1, -0.05) is 80.6 Å². The minimum absolute atomic E-state index is 0.00134. The first-order valence-electron chi connectivity index (χ1n) is 13.4. The number of nitrogens with one attached hydrogen (secondary N) is 2. The van der Waals surface area contributed by atoms with Crippen LogP contribution in [-0.2, 0) is 16.6 Å². The highest BCUT2D eigenvalue weighted by Gasteiger charge is 2.20. The molecule has 0 unspecified atom stereocenters. The summed E-state index contributed by atoms with van der Waals surface area (Å²) in [6, 6.07) is 28.4. The molecule has 0 bridgehead atoms. The van der Waals surface area contributed by atoms with Gasteiger partial charge in [0.15, 0.2) is 0 Å². The molecule has 4 N–H and O–H groups in total. The number of amides is 2. The van der Waals surface area contributed by atoms with Crippen molar-refractivity contribution in [2.45, 2.75) is 25.3 Å². The van der Waals surface area contributed by atoms with Crippen molar-refractivity contribution in [2.24, 2.45) is 11.1 Å². The number of benzene rings is 4. The number of para-hydroxylation sites is 1. The van der Waals surface area contributed by atoms with Gasteiger partial charge in [0.05, 0.1) is 4.90 Å². The SMILES string of the molecule is CC(C)CN(Cc1cccc(C(=N)NC(=O)Oc2ccccc2)c1)C(=O)Oc1ccc(-c2ccccc2S(N)(=O)=O)cc1. The molecular weight excluding hydrogens is 568 g/mol. The minimum atomic E-state index is -3.92. The van der Waals surface area contributed by atoms with Gasteiger partial charge in [-0.25, -0.2) is 23.1 Å². The quantitative estimate of drug-likeness (QED) is 0.164. The Kier molecular flexibility index (Phi) is 9.91. The molecule has 0 saturated heterocycles. The van der Waals surface area contributed by atoms with E-state index in [-0.39, 0.29) is 28.9 Å². The summed E-state index contributed by atoms with van der Waals surface area (Å²) in [5.41, 5.74) is 2.21. The Balaban J connectivity index is 1.44. The maximum atomic E-state index is 13.2. The molecular formula is C32H32N4O6S. The molecule has 4 rings (SSSR count). The highest BCUT2D eigenvalue weighted by molar-refractivity contribution is 7.89. The molecule has 0 spiro atoms. The molecule has 11 heteroatoms. The molecule has 0 atom stereocenters. The van der Waals surface area contributed by atoms with Crippen LogP contribution >= 0.6 is 0 Å². The summed E-state index contributed by atoms with van der Waals surface area (Å²) in [7, 11) is -3.92. The first-order valence-corrected chi connectivity index (χ1v) is 14.9. The van der Waals surface area contributed by atoms with Crippen LogP contribution in [0.4, 0.5) is 9.59 Å². The lowest BCUT2D eigenvalue weighted by Crippen LogP contribution is -2.36. The second-order valence-electron chi connectivity index (χ2n) is 10.1. The third kappa shape index (κ3) is 8.74. The van der Waals surface area contributed by atoms with Crippen molar-refractivity contribution in [3.05, 3.63) is 114 Å². The fraction of sp³-hybridized carbons (Fsp3) is 0.156. The number of nitrogens with two attached hydrogens (primary N) is 1. The summed E-state index contributed by atoms with van der Waals surface area (Å²) < 4.78 is 34.8. The average molecular weight is 601 g/mol. The zero-order valence-electron chi connectivity index (χ0n) is 23.7. The zero-order valence-corrected chi connectivity index (χ0v) is 24.5. The molecule has 222 valence electrons. The lowest BCUT2D eigenvalue weighted by atomic mass is 10.1. The maximum Gasteiger partial charge on any atom is 0.418 e. The van der Waals surface area contributed by atoms with Crippen LogP contribution in [0.3, 0.4) is 0 Å². The first-order chi connectivity index (χ1) is 20.5. The number of hydrogen-bond donors (Lipinski definition) is 3. The van der Waals surface area contributed by atoms with Crippen LogP contribution < -0.4 is 19.9 Å². The van der Waals surface area contributed by atoms with Crippen molar-refractivity contribution >= 4 is 28.0 Å². The number of amidine groups is 1. The molecule has 0 saturated carbocycles. The number of sulfonamides is 1. The van der Waals surface area contributed by atoms with E-state index >= 15 is 0 Å². The normalized spacial score (nSPS) is 11.1. The minimum Gasteiger partial charge on any atom is -0.410 e. The van der Waals surface area contributed by atoms with E-state index in [0.29, 0.717) is 29.0 Å². The number of carbonyl (C=O) groups is 2. The molecule has 43 heavy (non-hydrogen) atoms. The Morgan fingerprint density at radius 1 is 0.860 bits per heavy atom. The number of hydrogen-bond acceptors (Lipinski definition) is 7. The number of carbonyl (C=O) groups excluding carboxylic acids is 2. The Morgan fingerprint density at radius 2 is 1.51 bits per heavy atom. The van der Waals surface area contributed by atoms with Crippen LogP contribution in [0.15, 0.2) is 108 Å². The first kappa shape index (κ1) is 30.9. The third-order valence-corrected chi connectivity index (χ3v) is 7.15. The molecule has 0 aliphatic heterocycles. The summed E-state index contributed by atoms with van der Waals surface area (Å²) >= 11 is 0. The van der Waals surface area contributed by atoms with Crippen LogP contribution in [0.5, 0.6) is 11.5 Å². The van der Waals surface area contributed by atoms with E-state index in [1.165, 1.54) is 6.07 Å². The molecule has 4 aromatic rings. The van der Waals surface area contributed by atoms with Crippen molar-refractivity contribution in [1.29, 1.82) is 5.41 Å². The van der Waals surface area contributed by atoms with Gasteiger partial charge in [-0.15, -0.1) is 0 Å². The van der Waals surface area contributed by atoms with Crippen LogP contribution in [0, 0.1) is 11.3 Å². The zero-order chi connectivity index (χ0) is 31.0. The van der Waals surface area contributed by atoms with E-state index in [1.54, 1.807) is 95.9 Å². The van der Waals surface area contributed by atoms with E-state index in [1.807, 2.05) is 19.9 Å². The smallest absolute Gasteiger partial charge is 0.410 e. The van der Waals surface area contributed by atoms with E-state index in [4.69, 9.17) is 20.0 Å². The number of ether oxygens (including phenoxy) is 2. The summed E-state index contributed by atoms with van der Waals surface area (Å²) in [5.74, 6) is 0.630. The Morgan fingerprint density at radius 3 is 2.19 bits per heavy atom. The lowest BCUT2D eigenvalue weighted by Gasteiger charge is -2.24. The summed E-state index contributed by atoms with van der Waals surface area (Å²) in [5, 5.41) is 16.1. The van der Waals surface area contributed by atoms with Crippen LogP contribution in [0.25, 0.3) is 11.1 Å². The van der Waals surface area contributed by atoms with Gasteiger partial charge in [-0.2, -0.15) is 0 Å². The third-order valence-electron chi connectivity index (χ3n) is 6.18. The highest BCUT2D eigenvalue weighted by Crippen LogP contribution is 2.28. The Hall–Kier alpha value is -5.00. The molecule has 4 aromatic carbocycles. The molecule has 0 aromatic heterocycles. The largest absolute Gasteiger partial charge is 0.418 e. The monoisotopic (exact) mass is 600 g/mol. The van der Waals surface area contributed by atoms with Gasteiger partial charge in [0.2, 0.25) is 10.0 Å². The van der Waals surface area contributed by atoms with Gasteiger partial charge in [0, 0.05) is 24.2 Å². The van der Waals surface area contributed by atoms with E-state index < -0.39 is 22.2 Å². The number of rotatable bonds is 9. The molecule has 2 amide bonds. The van der Waals surface area contributed by atoms with Crippen molar-refractivity contribution in [3.63, 3.8) is 0 Å². The molecule has 0 radical (unpaired) electrons. The molecule has 10 nitrogen and oxygen atoms in total. The predicted molar refractivity (Wildman–Crippen MR) is 163 cm³/mol. The molecule has 0 fully saturated rings. The lowest BCUT2D eigenvalue weighted by molar-refractivity contribution is 0.143. The fourth-order valence-corrected chi connectivity index (χ4v) is 5.07. The van der Waals surface area contributed by atoms with Crippen LogP contribution in [0.1, 0.15) is 25.0 Å². The standard InChI is InChI=1S/C32H32N4O6S/c1-22(2)20-36(21-23-9-8-10-25(19-23)30(33)35-31(37)41-26-11-4-3-5-12-26)32(38)42-27-17-15-24(16-18-27)28-13-6-7-14-29(28)43(34,39)40/h3-19,22H,20-21H2,1-2H3,(H2,33,35,37)(H2,34,39,40). The number of nitrogens with zero attached hydrogens (tertiary/aromatic N) is 1. The van der Waals surface area contributed by atoms with Crippen molar-refractivity contribution in [2.75, 3.05) is 6.54 Å². The molecule has 0 aliphatic rings. The van der Waals surface area contributed by atoms with E-state index in [2.05, 4.69) is 5.32 Å². The van der Waals surface area contributed by atoms with Crippen molar-refractivity contribution < 1.29 is 27.5 Å². The van der Waals surface area contributed by atoms with Gasteiger partial charge in [0.25, 0.3) is 0 Å². The van der Waals surface area contributed by atoms with E-state index in [0.717, 1.165) is 5.56 Å². The van der Waals surface area contributed by atoms with Gasteiger partial charge >= 0.3 is 12.2 Å². The summed E-state index contributed by atoms with van der Waals surface area (Å²) in [4.78, 5) is 27.0. The maximum absolute atomic E-state index is 13.2. The van der Waals surface area contributed by atoms with Crippen LogP contribution in [0.2, 0.25) is 0 Å². The van der Waals surface area contributed by atoms with Crippen LogP contribution in [-0.4, -0.2) is 37.9 Å². The second-order valence-corrected chi connectivity index (χ2v) is 11.6. The fourth-order valence-electron chi connectivity index (χ4n) is 4.31. The summed E-state index contributed by atoms with van der Waals surface area (Å²) in [6.45, 7) is 4.56. The molecule has 0 aliphatic carbocycles. The van der Waals surface area contributed by atoms with Gasteiger partial charge < -0.3 is 14.4 Å². The Bertz CT molecular complexity index is 1710. The van der Waals surface area contributed by atoms with Gasteiger partial charge in [0.1, 0.15) is 17.3 Å². The second kappa shape index (κ2) is 13.8. The molecule has 0 heterocycles. The van der Waals surface area contributed by atoms with Gasteiger partial charge in [-0.3, -0.25) is 10.7 Å². The van der Waals surface area contributed by atoms with Crippen molar-refractivity contribution in [1.82, 2.24) is 10.2 Å². The number of primary sulfonamides is 1. The Labute approximate surface area is 250 Å². The van der Waals surface area contributed by atoms with Crippen molar-refractivity contribution in [3.8, 4) is 22.6 Å².